The Hall–Kier alpha value is -1.58. The summed E-state index contributed by atoms with van der Waals surface area (Å²) in [5.74, 6) is 0. The van der Waals surface area contributed by atoms with Crippen molar-refractivity contribution in [2.75, 3.05) is 0 Å². The molecule has 0 bridgehead atoms. The highest BCUT2D eigenvalue weighted by Crippen LogP contribution is 2.42. The molecule has 1 aromatic heterocycles. The van der Waals surface area contributed by atoms with Crippen molar-refractivity contribution in [3.05, 3.63) is 74.7 Å². The van der Waals surface area contributed by atoms with E-state index in [-0.39, 0.29) is 0 Å². The molecule has 0 N–H and O–H groups in total. The minimum absolute atomic E-state index is 1.10. The topological polar surface area (TPSA) is 4.93 Å². The van der Waals surface area contributed by atoms with Gasteiger partial charge in [0, 0.05) is 25.4 Å². The van der Waals surface area contributed by atoms with Gasteiger partial charge in [0.05, 0.1) is 11.0 Å². The molecule has 1 aliphatic rings. The standard InChI is InChI=1S/C20H13Br2N/c21-14-8-12-6-7-13-9-15(22)11-18-20(13)19(12)17(10-14)23(18)16-4-2-1-3-5-16/h1-5,8-11H,6-7H2. The number of nitrogens with zero attached hydrogens (tertiary/aromatic N) is 1. The quantitative estimate of drug-likeness (QED) is 0.331. The summed E-state index contributed by atoms with van der Waals surface area (Å²) in [5, 5.41) is 2.83. The molecular weight excluding hydrogens is 414 g/mol. The highest BCUT2D eigenvalue weighted by atomic mass is 79.9. The van der Waals surface area contributed by atoms with Gasteiger partial charge in [0.15, 0.2) is 0 Å². The third-order valence-electron chi connectivity index (χ3n) is 4.74. The van der Waals surface area contributed by atoms with Crippen LogP contribution in [0.1, 0.15) is 11.1 Å². The van der Waals surface area contributed by atoms with Crippen LogP contribution < -0.4 is 0 Å². The molecule has 112 valence electrons. The maximum atomic E-state index is 3.70. The Balaban J connectivity index is 2.08. The fourth-order valence-corrected chi connectivity index (χ4v) is 4.86. The van der Waals surface area contributed by atoms with Crippen LogP contribution in [-0.4, -0.2) is 4.57 Å². The molecule has 0 saturated heterocycles. The molecule has 3 heteroatoms. The monoisotopic (exact) mass is 425 g/mol. The Labute approximate surface area is 151 Å². The van der Waals surface area contributed by atoms with Crippen LogP contribution >= 0.6 is 31.9 Å². The summed E-state index contributed by atoms with van der Waals surface area (Å²) in [6, 6.07) is 19.7. The summed E-state index contributed by atoms with van der Waals surface area (Å²) in [7, 11) is 0. The number of halogens is 2. The zero-order valence-electron chi connectivity index (χ0n) is 12.3. The van der Waals surface area contributed by atoms with E-state index < -0.39 is 0 Å². The van der Waals surface area contributed by atoms with Gasteiger partial charge in [-0.05, 0) is 60.4 Å². The van der Waals surface area contributed by atoms with Gasteiger partial charge in [-0.2, -0.15) is 0 Å². The molecule has 0 fully saturated rings. The van der Waals surface area contributed by atoms with Crippen LogP contribution in [-0.2, 0) is 12.8 Å². The zero-order chi connectivity index (χ0) is 15.6. The van der Waals surface area contributed by atoms with E-state index in [9.17, 15) is 0 Å². The van der Waals surface area contributed by atoms with E-state index in [1.54, 1.807) is 0 Å². The van der Waals surface area contributed by atoms with Crippen LogP contribution in [0.3, 0.4) is 0 Å². The van der Waals surface area contributed by atoms with Gasteiger partial charge < -0.3 is 4.57 Å². The average Bonchev–Trinajstić information content (AvgIpc) is 2.87. The highest BCUT2D eigenvalue weighted by molar-refractivity contribution is 9.10. The minimum atomic E-state index is 1.10. The number of aromatic nitrogens is 1. The summed E-state index contributed by atoms with van der Waals surface area (Å²) in [5.41, 5.74) is 6.68. The lowest BCUT2D eigenvalue weighted by molar-refractivity contribution is 0.967. The predicted octanol–water partition coefficient (Wildman–Crippen LogP) is 6.41. The van der Waals surface area contributed by atoms with Crippen molar-refractivity contribution in [2.24, 2.45) is 0 Å². The molecule has 23 heavy (non-hydrogen) atoms. The van der Waals surface area contributed by atoms with Crippen molar-refractivity contribution in [1.29, 1.82) is 0 Å². The first kappa shape index (κ1) is 13.8. The van der Waals surface area contributed by atoms with Gasteiger partial charge in [0.1, 0.15) is 0 Å². The molecular formula is C20H13Br2N. The Morgan fingerprint density at radius 3 is 1.74 bits per heavy atom. The number of hydrogen-bond acceptors (Lipinski definition) is 0. The summed E-state index contributed by atoms with van der Waals surface area (Å²) >= 11 is 7.40. The largest absolute Gasteiger partial charge is 0.309 e. The normalized spacial score (nSPS) is 13.3. The minimum Gasteiger partial charge on any atom is -0.309 e. The van der Waals surface area contributed by atoms with Crippen LogP contribution in [0.4, 0.5) is 0 Å². The highest BCUT2D eigenvalue weighted by Gasteiger charge is 2.22. The second-order valence-corrected chi connectivity index (χ2v) is 7.92. The lowest BCUT2D eigenvalue weighted by Gasteiger charge is -2.13. The van der Waals surface area contributed by atoms with Gasteiger partial charge in [-0.1, -0.05) is 50.1 Å². The maximum absolute atomic E-state index is 3.70. The van der Waals surface area contributed by atoms with Crippen LogP contribution in [0, 0.1) is 0 Å². The van der Waals surface area contributed by atoms with E-state index in [4.69, 9.17) is 0 Å². The van der Waals surface area contributed by atoms with E-state index >= 15 is 0 Å². The van der Waals surface area contributed by atoms with E-state index in [2.05, 4.69) is 91.0 Å². The number of rotatable bonds is 1. The first-order chi connectivity index (χ1) is 11.2. The lowest BCUT2D eigenvalue weighted by atomic mass is 9.91. The summed E-state index contributed by atoms with van der Waals surface area (Å²) in [6.07, 6.45) is 2.21. The number of aryl methyl sites for hydroxylation is 2. The van der Waals surface area contributed by atoms with Gasteiger partial charge in [-0.25, -0.2) is 0 Å². The van der Waals surface area contributed by atoms with Gasteiger partial charge in [0.25, 0.3) is 0 Å². The van der Waals surface area contributed by atoms with Gasteiger partial charge in [-0.15, -0.1) is 0 Å². The average molecular weight is 427 g/mol. The Morgan fingerprint density at radius 2 is 1.22 bits per heavy atom. The van der Waals surface area contributed by atoms with Crippen LogP contribution in [0.2, 0.25) is 0 Å². The SMILES string of the molecule is Brc1cc2c3c4c(cc(Br)cc4n(-c4ccccc4)c3c1)CC2. The molecule has 0 spiro atoms. The molecule has 0 unspecified atom stereocenters. The number of benzene rings is 3. The molecule has 1 nitrogen and oxygen atoms in total. The maximum Gasteiger partial charge on any atom is 0.0555 e. The fraction of sp³-hybridized carbons (Fsp3) is 0.100. The van der Waals surface area contributed by atoms with Crippen molar-refractivity contribution in [1.82, 2.24) is 4.57 Å². The van der Waals surface area contributed by atoms with Gasteiger partial charge in [0.2, 0.25) is 0 Å². The summed E-state index contributed by atoms with van der Waals surface area (Å²) < 4.78 is 4.70. The third-order valence-corrected chi connectivity index (χ3v) is 5.65. The molecule has 0 aliphatic heterocycles. The first-order valence-corrected chi connectivity index (χ1v) is 9.31. The Morgan fingerprint density at radius 1 is 0.696 bits per heavy atom. The molecule has 0 amide bonds. The number of para-hydroxylation sites is 1. The molecule has 0 saturated carbocycles. The summed E-state index contributed by atoms with van der Waals surface area (Å²) in [6.45, 7) is 0. The van der Waals surface area contributed by atoms with Crippen LogP contribution in [0.25, 0.3) is 27.5 Å². The smallest absolute Gasteiger partial charge is 0.0555 e. The Bertz CT molecular complexity index is 1010. The molecule has 1 heterocycles. The van der Waals surface area contributed by atoms with Crippen molar-refractivity contribution >= 4 is 53.7 Å². The van der Waals surface area contributed by atoms with E-state index in [1.165, 1.54) is 38.6 Å². The fourth-order valence-electron chi connectivity index (χ4n) is 3.87. The van der Waals surface area contributed by atoms with Crippen molar-refractivity contribution < 1.29 is 0 Å². The molecule has 0 atom stereocenters. The second-order valence-electron chi connectivity index (χ2n) is 6.09. The Kier molecular flexibility index (Phi) is 2.98. The van der Waals surface area contributed by atoms with E-state index in [0.717, 1.165) is 21.8 Å². The molecule has 5 rings (SSSR count). The van der Waals surface area contributed by atoms with Gasteiger partial charge in [-0.3, -0.25) is 0 Å². The molecule has 0 radical (unpaired) electrons. The zero-order valence-corrected chi connectivity index (χ0v) is 15.5. The lowest BCUT2D eigenvalue weighted by Crippen LogP contribution is -1.98. The second kappa shape index (κ2) is 4.96. The number of hydrogen-bond donors (Lipinski definition) is 0. The molecule has 1 aliphatic carbocycles. The predicted molar refractivity (Wildman–Crippen MR) is 104 cm³/mol. The van der Waals surface area contributed by atoms with Crippen LogP contribution in [0.15, 0.2) is 63.5 Å². The van der Waals surface area contributed by atoms with E-state index in [1.807, 2.05) is 0 Å². The molecule has 3 aromatic carbocycles. The third kappa shape index (κ3) is 1.96. The summed E-state index contributed by atoms with van der Waals surface area (Å²) in [4.78, 5) is 0. The first-order valence-electron chi connectivity index (χ1n) is 7.73. The van der Waals surface area contributed by atoms with E-state index in [0.29, 0.717) is 0 Å². The van der Waals surface area contributed by atoms with Crippen molar-refractivity contribution in [2.45, 2.75) is 12.8 Å². The van der Waals surface area contributed by atoms with Crippen LogP contribution in [0.5, 0.6) is 0 Å². The van der Waals surface area contributed by atoms with Crippen molar-refractivity contribution in [3.8, 4) is 5.69 Å². The molecule has 4 aromatic rings. The van der Waals surface area contributed by atoms with Crippen molar-refractivity contribution in [3.63, 3.8) is 0 Å². The van der Waals surface area contributed by atoms with Gasteiger partial charge >= 0.3 is 0 Å².